The number of allylic oxidation sites excluding steroid dienone is 1. The van der Waals surface area contributed by atoms with Crippen LogP contribution in [0.1, 0.15) is 35.1 Å². The van der Waals surface area contributed by atoms with Gasteiger partial charge in [0, 0.05) is 35.4 Å². The highest BCUT2D eigenvalue weighted by Crippen LogP contribution is 2.26. The van der Waals surface area contributed by atoms with Gasteiger partial charge >= 0.3 is 5.97 Å². The molecule has 1 amide bonds. The van der Waals surface area contributed by atoms with E-state index in [9.17, 15) is 14.7 Å². The van der Waals surface area contributed by atoms with Gasteiger partial charge in [-0.3, -0.25) is 4.79 Å². The summed E-state index contributed by atoms with van der Waals surface area (Å²) in [6, 6.07) is 8.67. The fourth-order valence-electron chi connectivity index (χ4n) is 2.48. The molecule has 8 nitrogen and oxygen atoms in total. The number of nitrogens with two attached hydrogens (primary N) is 1. The molecule has 0 radical (unpaired) electrons. The van der Waals surface area contributed by atoms with Crippen LogP contribution in [-0.2, 0) is 16.1 Å². The number of hydrogen-bond donors (Lipinski definition) is 2. The Hall–Kier alpha value is -2.91. The highest BCUT2D eigenvalue weighted by atomic mass is 32.2. The first kappa shape index (κ1) is 22.4. The molecule has 0 fully saturated rings. The number of aliphatic hydroxyl groups is 1. The van der Waals surface area contributed by atoms with Crippen LogP contribution < -0.4 is 5.73 Å². The standard InChI is InChI=1S/C20H24N4O4S/c1-14(24(12-26)11-17-10-22-15(2)23-19(17)21)18(8-9-25)29-13-28-20(27)16-6-4-3-5-7-16/h3-7,10,12,25H,8-9,11,13H2,1-2H3,(H2,21,22,23)/b18-14+. The largest absolute Gasteiger partial charge is 0.451 e. The van der Waals surface area contributed by atoms with Gasteiger partial charge in [-0.2, -0.15) is 0 Å². The van der Waals surface area contributed by atoms with Gasteiger partial charge in [-0.25, -0.2) is 14.8 Å². The Balaban J connectivity index is 2.07. The Morgan fingerprint density at radius 2 is 2.07 bits per heavy atom. The number of esters is 1. The minimum atomic E-state index is -0.434. The zero-order valence-electron chi connectivity index (χ0n) is 16.4. The van der Waals surface area contributed by atoms with Crippen molar-refractivity contribution in [3.63, 3.8) is 0 Å². The minimum absolute atomic E-state index is 0.0584. The smallest absolute Gasteiger partial charge is 0.338 e. The zero-order valence-corrected chi connectivity index (χ0v) is 17.2. The van der Waals surface area contributed by atoms with Gasteiger partial charge in [-0.15, -0.1) is 0 Å². The van der Waals surface area contributed by atoms with Crippen LogP contribution in [0.3, 0.4) is 0 Å². The van der Waals surface area contributed by atoms with Gasteiger partial charge < -0.3 is 20.5 Å². The van der Waals surface area contributed by atoms with E-state index in [0.717, 1.165) is 4.91 Å². The zero-order chi connectivity index (χ0) is 21.2. The Morgan fingerprint density at radius 1 is 1.34 bits per heavy atom. The van der Waals surface area contributed by atoms with Crippen LogP contribution in [0.15, 0.2) is 47.1 Å². The maximum atomic E-state index is 12.1. The average Bonchev–Trinajstić information content (AvgIpc) is 2.72. The van der Waals surface area contributed by atoms with Crippen molar-refractivity contribution in [2.75, 3.05) is 18.3 Å². The quantitative estimate of drug-likeness (QED) is 0.344. The molecule has 0 spiro atoms. The molecule has 0 saturated carbocycles. The number of carbonyl (C=O) groups is 2. The number of amides is 1. The summed E-state index contributed by atoms with van der Waals surface area (Å²) in [5.41, 5.74) is 7.63. The van der Waals surface area contributed by atoms with Gasteiger partial charge in [-0.05, 0) is 26.0 Å². The van der Waals surface area contributed by atoms with Crippen LogP contribution >= 0.6 is 11.8 Å². The molecule has 29 heavy (non-hydrogen) atoms. The third-order valence-electron chi connectivity index (χ3n) is 4.09. The lowest BCUT2D eigenvalue weighted by atomic mass is 10.2. The Morgan fingerprint density at radius 3 is 2.69 bits per heavy atom. The van der Waals surface area contributed by atoms with E-state index < -0.39 is 5.97 Å². The SMILES string of the molecule is C/C(=C(/CCO)SCOC(=O)c1ccccc1)N(C=O)Cc1cnc(C)nc1N. The van der Waals surface area contributed by atoms with Crippen molar-refractivity contribution < 1.29 is 19.4 Å². The molecule has 2 aromatic rings. The summed E-state index contributed by atoms with van der Waals surface area (Å²) in [4.78, 5) is 34.1. The lowest BCUT2D eigenvalue weighted by Gasteiger charge is -2.22. The van der Waals surface area contributed by atoms with Gasteiger partial charge in [0.1, 0.15) is 17.6 Å². The highest BCUT2D eigenvalue weighted by molar-refractivity contribution is 8.02. The van der Waals surface area contributed by atoms with Gasteiger partial charge in [0.2, 0.25) is 6.41 Å². The van der Waals surface area contributed by atoms with Crippen molar-refractivity contribution in [2.45, 2.75) is 26.8 Å². The second-order valence-electron chi connectivity index (χ2n) is 6.10. The number of nitrogen functional groups attached to an aromatic ring is 1. The lowest BCUT2D eigenvalue weighted by molar-refractivity contribution is -0.116. The van der Waals surface area contributed by atoms with E-state index in [4.69, 9.17) is 10.5 Å². The fourth-order valence-corrected chi connectivity index (χ4v) is 3.35. The number of aromatic nitrogens is 2. The molecule has 2 rings (SSSR count). The molecule has 9 heteroatoms. The summed E-state index contributed by atoms with van der Waals surface area (Å²) in [6.45, 7) is 3.59. The van der Waals surface area contributed by atoms with Crippen LogP contribution in [0, 0.1) is 6.92 Å². The normalized spacial score (nSPS) is 11.6. The number of ether oxygens (including phenoxy) is 1. The van der Waals surface area contributed by atoms with Crippen molar-refractivity contribution in [1.82, 2.24) is 14.9 Å². The number of nitrogens with zero attached hydrogens (tertiary/aromatic N) is 3. The first-order valence-electron chi connectivity index (χ1n) is 8.91. The molecule has 0 aliphatic rings. The second kappa shape index (κ2) is 11.2. The molecular weight excluding hydrogens is 392 g/mol. The molecule has 1 heterocycles. The predicted molar refractivity (Wildman–Crippen MR) is 112 cm³/mol. The van der Waals surface area contributed by atoms with Crippen molar-refractivity contribution in [1.29, 1.82) is 0 Å². The van der Waals surface area contributed by atoms with Crippen molar-refractivity contribution >= 4 is 30.0 Å². The number of thioether (sulfide) groups is 1. The van der Waals surface area contributed by atoms with E-state index in [1.54, 1.807) is 44.3 Å². The van der Waals surface area contributed by atoms with Gasteiger partial charge in [0.25, 0.3) is 0 Å². The second-order valence-corrected chi connectivity index (χ2v) is 7.12. The van der Waals surface area contributed by atoms with Gasteiger partial charge in [0.15, 0.2) is 0 Å². The Kier molecular flexibility index (Phi) is 8.63. The molecule has 0 aliphatic heterocycles. The number of hydrogen-bond acceptors (Lipinski definition) is 8. The molecule has 0 aliphatic carbocycles. The summed E-state index contributed by atoms with van der Waals surface area (Å²) in [5, 5.41) is 9.39. The van der Waals surface area contributed by atoms with Crippen molar-refractivity contribution in [3.05, 3.63) is 64.1 Å². The van der Waals surface area contributed by atoms with E-state index >= 15 is 0 Å². The first-order chi connectivity index (χ1) is 14.0. The molecule has 0 bridgehead atoms. The number of anilines is 1. The van der Waals surface area contributed by atoms with Gasteiger partial charge in [-0.1, -0.05) is 30.0 Å². The summed E-state index contributed by atoms with van der Waals surface area (Å²) in [5.74, 6) is 0.484. The van der Waals surface area contributed by atoms with Crippen LogP contribution in [0.5, 0.6) is 0 Å². The number of aryl methyl sites for hydroxylation is 1. The van der Waals surface area contributed by atoms with Crippen LogP contribution in [0.2, 0.25) is 0 Å². The van der Waals surface area contributed by atoms with E-state index in [-0.39, 0.29) is 19.1 Å². The van der Waals surface area contributed by atoms with Crippen molar-refractivity contribution in [3.8, 4) is 0 Å². The molecule has 0 unspecified atom stereocenters. The molecule has 1 aromatic heterocycles. The molecule has 0 atom stereocenters. The van der Waals surface area contributed by atoms with Crippen molar-refractivity contribution in [2.24, 2.45) is 0 Å². The average molecular weight is 417 g/mol. The maximum Gasteiger partial charge on any atom is 0.338 e. The minimum Gasteiger partial charge on any atom is -0.451 e. The van der Waals surface area contributed by atoms with Gasteiger partial charge in [0.05, 0.1) is 12.1 Å². The monoisotopic (exact) mass is 416 g/mol. The summed E-state index contributed by atoms with van der Waals surface area (Å²) in [7, 11) is 0. The Bertz CT molecular complexity index is 874. The van der Waals surface area contributed by atoms with E-state index in [2.05, 4.69) is 9.97 Å². The summed E-state index contributed by atoms with van der Waals surface area (Å²) in [6.07, 6.45) is 2.59. The summed E-state index contributed by atoms with van der Waals surface area (Å²) < 4.78 is 5.28. The molecule has 3 N–H and O–H groups in total. The van der Waals surface area contributed by atoms with E-state index in [1.807, 2.05) is 6.07 Å². The van der Waals surface area contributed by atoms with Crippen LogP contribution in [-0.4, -0.2) is 44.9 Å². The molecule has 1 aromatic carbocycles. The number of carbonyl (C=O) groups excluding carboxylic acids is 2. The number of rotatable bonds is 10. The lowest BCUT2D eigenvalue weighted by Crippen LogP contribution is -2.22. The maximum absolute atomic E-state index is 12.1. The molecule has 154 valence electrons. The topological polar surface area (TPSA) is 119 Å². The highest BCUT2D eigenvalue weighted by Gasteiger charge is 2.15. The predicted octanol–water partition coefficient (Wildman–Crippen LogP) is 2.49. The number of benzene rings is 1. The fraction of sp³-hybridized carbons (Fsp3) is 0.300. The summed E-state index contributed by atoms with van der Waals surface area (Å²) >= 11 is 1.25. The molecule has 0 saturated heterocycles. The number of aliphatic hydroxyl groups excluding tert-OH is 1. The molecular formula is C20H24N4O4S. The first-order valence-corrected chi connectivity index (χ1v) is 9.90. The third kappa shape index (κ3) is 6.58. The van der Waals surface area contributed by atoms with E-state index in [0.29, 0.717) is 41.3 Å². The van der Waals surface area contributed by atoms with Crippen LogP contribution in [0.25, 0.3) is 0 Å². The Labute approximate surface area is 173 Å². The van der Waals surface area contributed by atoms with E-state index in [1.165, 1.54) is 16.7 Å². The third-order valence-corrected chi connectivity index (χ3v) is 5.18. The van der Waals surface area contributed by atoms with Crippen LogP contribution in [0.4, 0.5) is 5.82 Å².